The summed E-state index contributed by atoms with van der Waals surface area (Å²) < 4.78 is 0. The Kier molecular flexibility index (Phi) is 2.15. The van der Waals surface area contributed by atoms with Crippen LogP contribution in [0.4, 0.5) is 4.79 Å². The number of hydrogen-bond acceptors (Lipinski definition) is 2. The summed E-state index contributed by atoms with van der Waals surface area (Å²) in [4.78, 5) is 13.4. The fraction of sp³-hybridized carbons (Fsp3) is 0.889. The average Bonchev–Trinajstić information content (AvgIpc) is 2.70. The van der Waals surface area contributed by atoms with E-state index in [0.717, 1.165) is 25.9 Å². The summed E-state index contributed by atoms with van der Waals surface area (Å²) in [6, 6.07) is 0.636. The van der Waals surface area contributed by atoms with Crippen LogP contribution < -0.4 is 11.1 Å². The first-order valence-electron chi connectivity index (χ1n) is 5.04. The molecule has 2 bridgehead atoms. The maximum Gasteiger partial charge on any atom is 0.317 e. The first-order chi connectivity index (χ1) is 6.24. The Bertz CT molecular complexity index is 219. The van der Waals surface area contributed by atoms with Crippen LogP contribution in [0.5, 0.6) is 0 Å². The van der Waals surface area contributed by atoms with Crippen LogP contribution >= 0.6 is 0 Å². The molecule has 0 spiro atoms. The van der Waals surface area contributed by atoms with Gasteiger partial charge >= 0.3 is 6.03 Å². The molecule has 74 valence electrons. The summed E-state index contributed by atoms with van der Waals surface area (Å²) in [5.74, 6) is 0.567. The van der Waals surface area contributed by atoms with Crippen LogP contribution in [0.25, 0.3) is 0 Å². The number of carbonyl (C=O) groups excluding carboxylic acids is 1. The molecule has 2 heterocycles. The van der Waals surface area contributed by atoms with E-state index >= 15 is 0 Å². The van der Waals surface area contributed by atoms with Gasteiger partial charge in [-0.1, -0.05) is 6.92 Å². The summed E-state index contributed by atoms with van der Waals surface area (Å²) >= 11 is 0. The molecule has 4 heteroatoms. The highest BCUT2D eigenvalue weighted by Gasteiger charge is 2.51. The summed E-state index contributed by atoms with van der Waals surface area (Å²) in [6.07, 6.45) is 2.10. The number of nitrogens with one attached hydrogen (secondary N) is 1. The molecule has 13 heavy (non-hydrogen) atoms. The molecule has 3 atom stereocenters. The third-order valence-electron chi connectivity index (χ3n) is 3.15. The Morgan fingerprint density at radius 3 is 2.92 bits per heavy atom. The van der Waals surface area contributed by atoms with E-state index < -0.39 is 0 Å². The van der Waals surface area contributed by atoms with Crippen molar-refractivity contribution < 1.29 is 4.79 Å². The van der Waals surface area contributed by atoms with Crippen molar-refractivity contribution in [3.05, 3.63) is 0 Å². The van der Waals surface area contributed by atoms with Gasteiger partial charge in [-0.25, -0.2) is 4.79 Å². The van der Waals surface area contributed by atoms with E-state index in [-0.39, 0.29) is 12.1 Å². The van der Waals surface area contributed by atoms with Crippen molar-refractivity contribution in [3.8, 4) is 0 Å². The van der Waals surface area contributed by atoms with Crippen LogP contribution in [0.3, 0.4) is 0 Å². The van der Waals surface area contributed by atoms with Crippen LogP contribution in [0.1, 0.15) is 19.8 Å². The normalized spacial score (nSPS) is 35.8. The van der Waals surface area contributed by atoms with Crippen LogP contribution in [-0.4, -0.2) is 36.1 Å². The van der Waals surface area contributed by atoms with Crippen LogP contribution in [-0.2, 0) is 0 Å². The Balaban J connectivity index is 1.85. The largest absolute Gasteiger partial charge is 0.338 e. The third-order valence-corrected chi connectivity index (χ3v) is 3.15. The summed E-state index contributed by atoms with van der Waals surface area (Å²) in [5.41, 5.74) is 5.86. The predicted octanol–water partition coefficient (Wildman–Crippen LogP) is 0.137. The first-order valence-corrected chi connectivity index (χ1v) is 5.04. The molecule has 0 radical (unpaired) electrons. The number of carbonyl (C=O) groups is 1. The predicted molar refractivity (Wildman–Crippen MR) is 50.3 cm³/mol. The van der Waals surface area contributed by atoms with E-state index in [0.29, 0.717) is 12.0 Å². The quantitative estimate of drug-likeness (QED) is 0.639. The number of amides is 2. The van der Waals surface area contributed by atoms with Gasteiger partial charge in [-0.2, -0.15) is 0 Å². The number of fused-ring (bicyclic) bond motifs is 1. The van der Waals surface area contributed by atoms with E-state index in [9.17, 15) is 4.79 Å². The van der Waals surface area contributed by atoms with Crippen LogP contribution in [0, 0.1) is 5.92 Å². The second-order valence-electron chi connectivity index (χ2n) is 4.02. The SMILES string of the molecule is CCCNC(=O)N1CC2CC1C2N. The molecule has 2 saturated heterocycles. The first kappa shape index (κ1) is 8.81. The lowest BCUT2D eigenvalue weighted by Crippen LogP contribution is -2.52. The molecule has 2 aliphatic heterocycles. The van der Waals surface area contributed by atoms with Crippen molar-refractivity contribution in [1.82, 2.24) is 10.2 Å². The topological polar surface area (TPSA) is 58.4 Å². The van der Waals surface area contributed by atoms with Gasteiger partial charge in [0.05, 0.1) is 0 Å². The van der Waals surface area contributed by atoms with Crippen LogP contribution in [0.2, 0.25) is 0 Å². The molecule has 3 aliphatic rings. The number of hydrogen-bond donors (Lipinski definition) is 2. The van der Waals surface area contributed by atoms with Crippen molar-refractivity contribution in [3.63, 3.8) is 0 Å². The average molecular weight is 183 g/mol. The molecular weight excluding hydrogens is 166 g/mol. The van der Waals surface area contributed by atoms with E-state index in [4.69, 9.17) is 5.73 Å². The van der Waals surface area contributed by atoms with E-state index in [1.807, 2.05) is 4.90 Å². The summed E-state index contributed by atoms with van der Waals surface area (Å²) in [6.45, 7) is 3.68. The van der Waals surface area contributed by atoms with Gasteiger partial charge in [0.15, 0.2) is 0 Å². The summed E-state index contributed by atoms with van der Waals surface area (Å²) in [5, 5.41) is 2.88. The smallest absolute Gasteiger partial charge is 0.317 e. The number of urea groups is 1. The summed E-state index contributed by atoms with van der Waals surface area (Å²) in [7, 11) is 0. The molecule has 0 aromatic heterocycles. The van der Waals surface area contributed by atoms with Crippen molar-refractivity contribution in [2.75, 3.05) is 13.1 Å². The van der Waals surface area contributed by atoms with Crippen molar-refractivity contribution in [2.45, 2.75) is 31.8 Å². The van der Waals surface area contributed by atoms with Crippen molar-refractivity contribution >= 4 is 6.03 Å². The lowest BCUT2D eigenvalue weighted by atomic mass is 9.81. The van der Waals surface area contributed by atoms with Crippen molar-refractivity contribution in [1.29, 1.82) is 0 Å². The molecule has 2 amide bonds. The zero-order chi connectivity index (χ0) is 9.42. The van der Waals surface area contributed by atoms with Gasteiger partial charge < -0.3 is 16.0 Å². The third kappa shape index (κ3) is 1.29. The molecular formula is C9H17N3O. The van der Waals surface area contributed by atoms with E-state index in [1.165, 1.54) is 0 Å². The minimum Gasteiger partial charge on any atom is -0.338 e. The monoisotopic (exact) mass is 183 g/mol. The van der Waals surface area contributed by atoms with Crippen molar-refractivity contribution in [2.24, 2.45) is 11.7 Å². The number of rotatable bonds is 2. The molecule has 1 saturated carbocycles. The zero-order valence-corrected chi connectivity index (χ0v) is 7.99. The maximum absolute atomic E-state index is 11.5. The minimum atomic E-state index is 0.0716. The highest BCUT2D eigenvalue weighted by atomic mass is 16.2. The molecule has 1 aliphatic carbocycles. The number of nitrogens with zero attached hydrogens (tertiary/aromatic N) is 1. The second-order valence-corrected chi connectivity index (χ2v) is 4.02. The van der Waals surface area contributed by atoms with Gasteiger partial charge in [-0.05, 0) is 18.8 Å². The van der Waals surface area contributed by atoms with Gasteiger partial charge in [0.1, 0.15) is 0 Å². The minimum absolute atomic E-state index is 0.0716. The van der Waals surface area contributed by atoms with Gasteiger partial charge in [-0.15, -0.1) is 0 Å². The molecule has 4 nitrogen and oxygen atoms in total. The van der Waals surface area contributed by atoms with Crippen LogP contribution in [0.15, 0.2) is 0 Å². The Morgan fingerprint density at radius 1 is 1.69 bits per heavy atom. The van der Waals surface area contributed by atoms with Gasteiger partial charge in [0, 0.05) is 25.2 Å². The molecule has 3 fully saturated rings. The standard InChI is InChI=1S/C9H17N3O/c1-2-3-11-9(13)12-5-6-4-7(12)8(6)10/h6-8H,2-5,10H2,1H3,(H,11,13). The highest BCUT2D eigenvalue weighted by Crippen LogP contribution is 2.39. The lowest BCUT2D eigenvalue weighted by molar-refractivity contribution is 0.185. The lowest BCUT2D eigenvalue weighted by Gasteiger charge is -2.33. The zero-order valence-electron chi connectivity index (χ0n) is 7.99. The molecule has 3 N–H and O–H groups in total. The fourth-order valence-electron chi connectivity index (χ4n) is 2.23. The molecule has 3 unspecified atom stereocenters. The Hall–Kier alpha value is -0.770. The Labute approximate surface area is 78.5 Å². The molecule has 3 rings (SSSR count). The van der Waals surface area contributed by atoms with E-state index in [2.05, 4.69) is 12.2 Å². The van der Waals surface area contributed by atoms with E-state index in [1.54, 1.807) is 0 Å². The maximum atomic E-state index is 11.5. The van der Waals surface area contributed by atoms with Gasteiger partial charge in [-0.3, -0.25) is 0 Å². The molecule has 0 aromatic carbocycles. The Morgan fingerprint density at radius 2 is 2.46 bits per heavy atom. The number of nitrogens with two attached hydrogens (primary N) is 1. The molecule has 0 aromatic rings. The highest BCUT2D eigenvalue weighted by molar-refractivity contribution is 5.75. The second kappa shape index (κ2) is 3.18. The van der Waals surface area contributed by atoms with Gasteiger partial charge in [0.25, 0.3) is 0 Å². The fourth-order valence-corrected chi connectivity index (χ4v) is 2.23. The van der Waals surface area contributed by atoms with Gasteiger partial charge in [0.2, 0.25) is 0 Å².